The minimum atomic E-state index is -3.22. The van der Waals surface area contributed by atoms with Crippen LogP contribution in [0.5, 0.6) is 0 Å². The van der Waals surface area contributed by atoms with Crippen LogP contribution < -0.4 is 0 Å². The van der Waals surface area contributed by atoms with Gasteiger partial charge in [-0.05, 0) is 18.6 Å². The fraction of sp³-hybridized carbons (Fsp3) is 0.286. The standard InChI is InChI=1S/C7H8ClNO2S/c1-5-3-6(8)4-9-7(5)12(2,10)11/h3-4H,1-2H3. The molecule has 3 nitrogen and oxygen atoms in total. The van der Waals surface area contributed by atoms with Crippen molar-refractivity contribution in [2.45, 2.75) is 11.9 Å². The largest absolute Gasteiger partial charge is 0.243 e. The van der Waals surface area contributed by atoms with Gasteiger partial charge < -0.3 is 0 Å². The summed E-state index contributed by atoms with van der Waals surface area (Å²) in [6, 6.07) is 1.57. The molecule has 0 aliphatic heterocycles. The van der Waals surface area contributed by atoms with Crippen molar-refractivity contribution in [2.75, 3.05) is 6.26 Å². The molecule has 1 rings (SSSR count). The number of aryl methyl sites for hydroxylation is 1. The van der Waals surface area contributed by atoms with Crippen LogP contribution in [0.3, 0.4) is 0 Å². The Bertz CT molecular complexity index is 400. The van der Waals surface area contributed by atoms with Gasteiger partial charge in [0.1, 0.15) is 0 Å². The molecule has 0 fully saturated rings. The first kappa shape index (κ1) is 9.48. The number of hydrogen-bond donors (Lipinski definition) is 0. The Hall–Kier alpha value is -0.610. The van der Waals surface area contributed by atoms with E-state index in [4.69, 9.17) is 11.6 Å². The van der Waals surface area contributed by atoms with Crippen molar-refractivity contribution in [3.05, 3.63) is 22.8 Å². The Labute approximate surface area is 76.3 Å². The number of nitrogens with zero attached hydrogens (tertiary/aromatic N) is 1. The smallest absolute Gasteiger partial charge is 0.193 e. The summed E-state index contributed by atoms with van der Waals surface area (Å²) in [5.41, 5.74) is 0.574. The van der Waals surface area contributed by atoms with Gasteiger partial charge in [-0.2, -0.15) is 0 Å². The number of halogens is 1. The first-order valence-electron chi connectivity index (χ1n) is 3.23. The average Bonchev–Trinajstić information content (AvgIpc) is 1.83. The molecule has 66 valence electrons. The second-order valence-corrected chi connectivity index (χ2v) is 4.92. The van der Waals surface area contributed by atoms with Crippen LogP contribution >= 0.6 is 11.6 Å². The van der Waals surface area contributed by atoms with Gasteiger partial charge in [0.25, 0.3) is 0 Å². The molecular weight excluding hydrogens is 198 g/mol. The van der Waals surface area contributed by atoms with E-state index < -0.39 is 9.84 Å². The predicted molar refractivity (Wildman–Crippen MR) is 47.1 cm³/mol. The third kappa shape index (κ3) is 1.95. The first-order chi connectivity index (χ1) is 5.41. The second kappa shape index (κ2) is 3.03. The zero-order valence-electron chi connectivity index (χ0n) is 6.70. The highest BCUT2D eigenvalue weighted by Crippen LogP contribution is 2.15. The molecule has 0 N–H and O–H groups in total. The van der Waals surface area contributed by atoms with Crippen LogP contribution in [0.15, 0.2) is 17.3 Å². The van der Waals surface area contributed by atoms with Crippen molar-refractivity contribution in [2.24, 2.45) is 0 Å². The van der Waals surface area contributed by atoms with E-state index in [1.165, 1.54) is 6.20 Å². The summed E-state index contributed by atoms with van der Waals surface area (Å²) in [7, 11) is -3.22. The van der Waals surface area contributed by atoms with E-state index >= 15 is 0 Å². The molecule has 0 saturated heterocycles. The van der Waals surface area contributed by atoms with Crippen LogP contribution in [0.1, 0.15) is 5.56 Å². The van der Waals surface area contributed by atoms with Crippen molar-refractivity contribution in [1.29, 1.82) is 0 Å². The fourth-order valence-corrected chi connectivity index (χ4v) is 2.02. The van der Waals surface area contributed by atoms with E-state index in [0.717, 1.165) is 6.26 Å². The van der Waals surface area contributed by atoms with Crippen LogP contribution in [-0.4, -0.2) is 19.7 Å². The fourth-order valence-electron chi connectivity index (χ4n) is 0.916. The van der Waals surface area contributed by atoms with Crippen molar-refractivity contribution in [3.63, 3.8) is 0 Å². The van der Waals surface area contributed by atoms with Crippen molar-refractivity contribution < 1.29 is 8.42 Å². The Morgan fingerprint density at radius 2 is 2.08 bits per heavy atom. The number of rotatable bonds is 1. The summed E-state index contributed by atoms with van der Waals surface area (Å²) >= 11 is 5.61. The Kier molecular flexibility index (Phi) is 2.39. The quantitative estimate of drug-likeness (QED) is 0.697. The van der Waals surface area contributed by atoms with Gasteiger partial charge in [-0.15, -0.1) is 0 Å². The van der Waals surface area contributed by atoms with Gasteiger partial charge in [-0.3, -0.25) is 0 Å². The highest BCUT2D eigenvalue weighted by molar-refractivity contribution is 7.90. The summed E-state index contributed by atoms with van der Waals surface area (Å²) in [6.45, 7) is 1.66. The molecule has 0 aliphatic carbocycles. The van der Waals surface area contributed by atoms with Gasteiger partial charge in [0.15, 0.2) is 14.9 Å². The molecule has 0 radical (unpaired) electrons. The second-order valence-electron chi connectivity index (χ2n) is 2.55. The van der Waals surface area contributed by atoms with Crippen molar-refractivity contribution in [1.82, 2.24) is 4.98 Å². The van der Waals surface area contributed by atoms with Gasteiger partial charge in [-0.25, -0.2) is 13.4 Å². The molecule has 0 spiro atoms. The molecule has 0 bridgehead atoms. The lowest BCUT2D eigenvalue weighted by Gasteiger charge is -2.01. The maximum Gasteiger partial charge on any atom is 0.193 e. The third-order valence-electron chi connectivity index (χ3n) is 1.35. The third-order valence-corrected chi connectivity index (χ3v) is 2.68. The van der Waals surface area contributed by atoms with E-state index in [0.29, 0.717) is 10.6 Å². The van der Waals surface area contributed by atoms with E-state index in [9.17, 15) is 8.42 Å². The van der Waals surface area contributed by atoms with Crippen LogP contribution in [0.25, 0.3) is 0 Å². The maximum atomic E-state index is 11.1. The summed E-state index contributed by atoms with van der Waals surface area (Å²) < 4.78 is 22.1. The highest BCUT2D eigenvalue weighted by Gasteiger charge is 2.11. The molecule has 12 heavy (non-hydrogen) atoms. The topological polar surface area (TPSA) is 47.0 Å². The molecular formula is C7H8ClNO2S. The number of aromatic nitrogens is 1. The zero-order chi connectivity index (χ0) is 9.35. The zero-order valence-corrected chi connectivity index (χ0v) is 8.28. The molecule has 1 aromatic rings. The van der Waals surface area contributed by atoms with Gasteiger partial charge in [0.2, 0.25) is 0 Å². The lowest BCUT2D eigenvalue weighted by atomic mass is 10.3. The molecule has 0 atom stereocenters. The molecule has 0 amide bonds. The van der Waals surface area contributed by atoms with Gasteiger partial charge >= 0.3 is 0 Å². The number of sulfone groups is 1. The van der Waals surface area contributed by atoms with E-state index in [2.05, 4.69) is 4.98 Å². The minimum Gasteiger partial charge on any atom is -0.243 e. The van der Waals surface area contributed by atoms with E-state index in [1.807, 2.05) is 0 Å². The summed E-state index contributed by atoms with van der Waals surface area (Å²) in [5.74, 6) is 0. The van der Waals surface area contributed by atoms with Crippen LogP contribution in [0, 0.1) is 6.92 Å². The van der Waals surface area contributed by atoms with Gasteiger partial charge in [0, 0.05) is 12.5 Å². The number of pyridine rings is 1. The van der Waals surface area contributed by atoms with Gasteiger partial charge in [0.05, 0.1) is 5.02 Å². The maximum absolute atomic E-state index is 11.1. The Morgan fingerprint density at radius 3 is 2.50 bits per heavy atom. The van der Waals surface area contributed by atoms with E-state index in [1.54, 1.807) is 13.0 Å². The molecule has 1 heterocycles. The number of hydrogen-bond acceptors (Lipinski definition) is 3. The summed E-state index contributed by atoms with van der Waals surface area (Å²) in [4.78, 5) is 3.73. The molecule has 0 aromatic carbocycles. The first-order valence-corrected chi connectivity index (χ1v) is 5.50. The summed E-state index contributed by atoms with van der Waals surface area (Å²) in [6.07, 6.45) is 2.45. The highest BCUT2D eigenvalue weighted by atomic mass is 35.5. The summed E-state index contributed by atoms with van der Waals surface area (Å²) in [5, 5.41) is 0.534. The van der Waals surface area contributed by atoms with Crippen molar-refractivity contribution >= 4 is 21.4 Å². The minimum absolute atomic E-state index is 0.0897. The SMILES string of the molecule is Cc1cc(Cl)cnc1S(C)(=O)=O. The average molecular weight is 206 g/mol. The van der Waals surface area contributed by atoms with Crippen LogP contribution in [0.4, 0.5) is 0 Å². The normalized spacial score (nSPS) is 11.6. The monoisotopic (exact) mass is 205 g/mol. The lowest BCUT2D eigenvalue weighted by Crippen LogP contribution is -2.02. The van der Waals surface area contributed by atoms with Gasteiger partial charge in [-0.1, -0.05) is 11.6 Å². The van der Waals surface area contributed by atoms with E-state index in [-0.39, 0.29) is 5.03 Å². The lowest BCUT2D eigenvalue weighted by molar-refractivity contribution is 0.597. The Balaban J connectivity index is 3.39. The predicted octanol–water partition coefficient (Wildman–Crippen LogP) is 1.45. The molecule has 5 heteroatoms. The molecule has 1 aromatic heterocycles. The van der Waals surface area contributed by atoms with Crippen LogP contribution in [-0.2, 0) is 9.84 Å². The molecule has 0 unspecified atom stereocenters. The Morgan fingerprint density at radius 1 is 1.50 bits per heavy atom. The molecule has 0 saturated carbocycles. The van der Waals surface area contributed by atoms with Crippen LogP contribution in [0.2, 0.25) is 5.02 Å². The van der Waals surface area contributed by atoms with Crippen molar-refractivity contribution in [3.8, 4) is 0 Å². The molecule has 0 aliphatic rings.